The van der Waals surface area contributed by atoms with Gasteiger partial charge in [-0.3, -0.25) is 0 Å². The van der Waals surface area contributed by atoms with Crippen molar-refractivity contribution in [3.63, 3.8) is 0 Å². The normalized spacial score (nSPS) is 11.1. The number of hydrogen-bond acceptors (Lipinski definition) is 2. The van der Waals surface area contributed by atoms with Crippen molar-refractivity contribution in [3.8, 4) is 5.75 Å². The summed E-state index contributed by atoms with van der Waals surface area (Å²) in [5, 5.41) is 3.43. The molecule has 114 valence electrons. The van der Waals surface area contributed by atoms with E-state index >= 15 is 0 Å². The van der Waals surface area contributed by atoms with Crippen molar-refractivity contribution in [2.24, 2.45) is 0 Å². The first-order chi connectivity index (χ1) is 9.65. The Morgan fingerprint density at radius 1 is 1.10 bits per heavy atom. The monoisotopic (exact) mass is 277 g/mol. The Kier molecular flexibility index (Phi) is 8.36. The van der Waals surface area contributed by atoms with Crippen molar-refractivity contribution in [2.45, 2.75) is 59.3 Å². The number of rotatable bonds is 10. The van der Waals surface area contributed by atoms with Crippen LogP contribution in [0.3, 0.4) is 0 Å². The van der Waals surface area contributed by atoms with Crippen molar-refractivity contribution in [1.82, 2.24) is 5.32 Å². The van der Waals surface area contributed by atoms with Crippen molar-refractivity contribution >= 4 is 0 Å². The summed E-state index contributed by atoms with van der Waals surface area (Å²) in [4.78, 5) is 0. The van der Waals surface area contributed by atoms with E-state index in [0.717, 1.165) is 31.9 Å². The second-order valence-electron chi connectivity index (χ2n) is 5.86. The molecule has 0 aliphatic heterocycles. The summed E-state index contributed by atoms with van der Waals surface area (Å²) in [6.45, 7) is 11.9. The minimum Gasteiger partial charge on any atom is -0.493 e. The molecule has 2 heteroatoms. The van der Waals surface area contributed by atoms with E-state index in [9.17, 15) is 0 Å². The predicted octanol–water partition coefficient (Wildman–Crippen LogP) is 4.67. The van der Waals surface area contributed by atoms with Gasteiger partial charge in [-0.05, 0) is 68.8 Å². The number of hydrogen-bond donors (Lipinski definition) is 1. The van der Waals surface area contributed by atoms with Crippen LogP contribution in [-0.4, -0.2) is 19.7 Å². The van der Waals surface area contributed by atoms with Gasteiger partial charge in [-0.1, -0.05) is 32.9 Å². The Hall–Kier alpha value is -1.02. The lowest BCUT2D eigenvalue weighted by atomic mass is 10.0. The van der Waals surface area contributed by atoms with Crippen LogP contribution in [0, 0.1) is 6.92 Å². The maximum Gasteiger partial charge on any atom is 0.122 e. The van der Waals surface area contributed by atoms with E-state index in [4.69, 9.17) is 4.74 Å². The maximum absolute atomic E-state index is 5.99. The molecule has 20 heavy (non-hydrogen) atoms. The highest BCUT2D eigenvalue weighted by atomic mass is 16.5. The molecule has 1 aromatic rings. The number of aryl methyl sites for hydroxylation is 1. The molecule has 0 saturated carbocycles. The number of nitrogens with one attached hydrogen (secondary N) is 1. The van der Waals surface area contributed by atoms with E-state index in [1.807, 2.05) is 0 Å². The average Bonchev–Trinajstić information content (AvgIpc) is 2.41. The quantitative estimate of drug-likeness (QED) is 0.628. The van der Waals surface area contributed by atoms with Gasteiger partial charge in [-0.25, -0.2) is 0 Å². The van der Waals surface area contributed by atoms with Gasteiger partial charge < -0.3 is 10.1 Å². The molecule has 0 aromatic heterocycles. The van der Waals surface area contributed by atoms with Gasteiger partial charge in [-0.15, -0.1) is 0 Å². The third kappa shape index (κ3) is 6.42. The summed E-state index contributed by atoms with van der Waals surface area (Å²) in [6.07, 6.45) is 4.83. The lowest BCUT2D eigenvalue weighted by molar-refractivity contribution is 0.300. The SMILES string of the molecule is CCCNCCCCCOc1cc(C)ccc1C(C)C. The first kappa shape index (κ1) is 17.0. The zero-order valence-electron chi connectivity index (χ0n) is 13.7. The van der Waals surface area contributed by atoms with Gasteiger partial charge in [0.15, 0.2) is 0 Å². The van der Waals surface area contributed by atoms with E-state index in [1.165, 1.54) is 30.4 Å². The lowest BCUT2D eigenvalue weighted by Crippen LogP contribution is -2.15. The molecule has 0 aliphatic rings. The molecule has 1 rings (SSSR count). The Balaban J connectivity index is 2.26. The molecule has 0 fully saturated rings. The summed E-state index contributed by atoms with van der Waals surface area (Å²) in [6, 6.07) is 6.53. The van der Waals surface area contributed by atoms with Gasteiger partial charge in [-0.2, -0.15) is 0 Å². The minimum absolute atomic E-state index is 0.517. The first-order valence-electron chi connectivity index (χ1n) is 8.09. The van der Waals surface area contributed by atoms with Crippen LogP contribution >= 0.6 is 0 Å². The van der Waals surface area contributed by atoms with Crippen molar-refractivity contribution in [2.75, 3.05) is 19.7 Å². The van der Waals surface area contributed by atoms with Crippen LogP contribution in [0.2, 0.25) is 0 Å². The fourth-order valence-corrected chi connectivity index (χ4v) is 2.26. The zero-order chi connectivity index (χ0) is 14.8. The van der Waals surface area contributed by atoms with Crippen molar-refractivity contribution in [3.05, 3.63) is 29.3 Å². The summed E-state index contributed by atoms with van der Waals surface area (Å²) in [5.74, 6) is 1.59. The smallest absolute Gasteiger partial charge is 0.122 e. The topological polar surface area (TPSA) is 21.3 Å². The Morgan fingerprint density at radius 2 is 1.90 bits per heavy atom. The summed E-state index contributed by atoms with van der Waals surface area (Å²) >= 11 is 0. The van der Waals surface area contributed by atoms with Crippen molar-refractivity contribution < 1.29 is 4.74 Å². The molecule has 0 aliphatic carbocycles. The molecule has 0 amide bonds. The number of ether oxygens (including phenoxy) is 1. The van der Waals surface area contributed by atoms with Gasteiger partial charge in [0.1, 0.15) is 5.75 Å². The van der Waals surface area contributed by atoms with Gasteiger partial charge in [0, 0.05) is 0 Å². The predicted molar refractivity (Wildman–Crippen MR) is 87.8 cm³/mol. The highest BCUT2D eigenvalue weighted by molar-refractivity contribution is 5.39. The highest BCUT2D eigenvalue weighted by Gasteiger charge is 2.07. The second kappa shape index (κ2) is 9.82. The summed E-state index contributed by atoms with van der Waals surface area (Å²) < 4.78 is 5.99. The fraction of sp³-hybridized carbons (Fsp3) is 0.667. The molecule has 0 atom stereocenters. The fourth-order valence-electron chi connectivity index (χ4n) is 2.26. The van der Waals surface area contributed by atoms with Gasteiger partial charge in [0.25, 0.3) is 0 Å². The maximum atomic E-state index is 5.99. The van der Waals surface area contributed by atoms with Gasteiger partial charge in [0.05, 0.1) is 6.61 Å². The van der Waals surface area contributed by atoms with E-state index < -0.39 is 0 Å². The third-order valence-corrected chi connectivity index (χ3v) is 3.47. The van der Waals surface area contributed by atoms with E-state index in [0.29, 0.717) is 5.92 Å². The van der Waals surface area contributed by atoms with Crippen LogP contribution in [0.1, 0.15) is 63.5 Å². The van der Waals surface area contributed by atoms with Gasteiger partial charge in [0.2, 0.25) is 0 Å². The minimum atomic E-state index is 0.517. The molecule has 0 spiro atoms. The molecule has 0 saturated heterocycles. The summed E-state index contributed by atoms with van der Waals surface area (Å²) in [5.41, 5.74) is 2.59. The van der Waals surface area contributed by atoms with Crippen LogP contribution < -0.4 is 10.1 Å². The van der Waals surface area contributed by atoms with Gasteiger partial charge >= 0.3 is 0 Å². The number of benzene rings is 1. The van der Waals surface area contributed by atoms with Crippen LogP contribution in [0.4, 0.5) is 0 Å². The third-order valence-electron chi connectivity index (χ3n) is 3.47. The van der Waals surface area contributed by atoms with E-state index in [2.05, 4.69) is 51.2 Å². The molecule has 1 aromatic carbocycles. The standard InChI is InChI=1S/C18H31NO/c1-5-11-19-12-7-6-8-13-20-18-14-16(4)9-10-17(18)15(2)3/h9-10,14-15,19H,5-8,11-13H2,1-4H3. The highest BCUT2D eigenvalue weighted by Crippen LogP contribution is 2.27. The molecule has 0 radical (unpaired) electrons. The molecule has 0 unspecified atom stereocenters. The molecular weight excluding hydrogens is 246 g/mol. The number of unbranched alkanes of at least 4 members (excludes halogenated alkanes) is 2. The summed E-state index contributed by atoms with van der Waals surface area (Å²) in [7, 11) is 0. The molecule has 0 heterocycles. The zero-order valence-corrected chi connectivity index (χ0v) is 13.7. The van der Waals surface area contributed by atoms with Crippen molar-refractivity contribution in [1.29, 1.82) is 0 Å². The molecule has 2 nitrogen and oxygen atoms in total. The average molecular weight is 277 g/mol. The molecule has 1 N–H and O–H groups in total. The first-order valence-corrected chi connectivity index (χ1v) is 8.09. The van der Waals surface area contributed by atoms with E-state index in [-0.39, 0.29) is 0 Å². The molecule has 0 bridgehead atoms. The van der Waals surface area contributed by atoms with Crippen LogP contribution in [0.25, 0.3) is 0 Å². The second-order valence-corrected chi connectivity index (χ2v) is 5.86. The lowest BCUT2D eigenvalue weighted by Gasteiger charge is -2.15. The largest absolute Gasteiger partial charge is 0.493 e. The Morgan fingerprint density at radius 3 is 2.60 bits per heavy atom. The Labute approximate surface area is 124 Å². The Bertz CT molecular complexity index is 374. The molecular formula is C18H31NO. The van der Waals surface area contributed by atoms with Crippen LogP contribution in [0.15, 0.2) is 18.2 Å². The van der Waals surface area contributed by atoms with Crippen LogP contribution in [0.5, 0.6) is 5.75 Å². The van der Waals surface area contributed by atoms with Crippen LogP contribution in [-0.2, 0) is 0 Å². The van der Waals surface area contributed by atoms with E-state index in [1.54, 1.807) is 0 Å².